The SMILES string of the molecule is CCC(C)NC(=O)CNC(=O)Cc1c[nH]c2ccccc12. The second-order valence-corrected chi connectivity index (χ2v) is 5.19. The summed E-state index contributed by atoms with van der Waals surface area (Å²) in [5.41, 5.74) is 1.94. The zero-order chi connectivity index (χ0) is 15.2. The van der Waals surface area contributed by atoms with Crippen molar-refractivity contribution in [1.82, 2.24) is 15.6 Å². The first-order valence-corrected chi connectivity index (χ1v) is 7.21. The van der Waals surface area contributed by atoms with Crippen LogP contribution in [-0.4, -0.2) is 29.4 Å². The topological polar surface area (TPSA) is 74.0 Å². The van der Waals surface area contributed by atoms with E-state index in [0.29, 0.717) is 0 Å². The molecule has 1 atom stereocenters. The molecule has 1 heterocycles. The van der Waals surface area contributed by atoms with Crippen molar-refractivity contribution >= 4 is 22.7 Å². The summed E-state index contributed by atoms with van der Waals surface area (Å²) in [6.07, 6.45) is 2.97. The molecule has 21 heavy (non-hydrogen) atoms. The van der Waals surface area contributed by atoms with E-state index in [1.165, 1.54) is 0 Å². The molecule has 2 amide bonds. The average Bonchev–Trinajstić information content (AvgIpc) is 2.88. The van der Waals surface area contributed by atoms with Gasteiger partial charge in [-0.05, 0) is 25.0 Å². The van der Waals surface area contributed by atoms with E-state index in [-0.39, 0.29) is 30.8 Å². The van der Waals surface area contributed by atoms with E-state index in [1.54, 1.807) is 0 Å². The fraction of sp³-hybridized carbons (Fsp3) is 0.375. The highest BCUT2D eigenvalue weighted by atomic mass is 16.2. The Labute approximate surface area is 124 Å². The summed E-state index contributed by atoms with van der Waals surface area (Å²) in [6.45, 7) is 3.96. The Morgan fingerprint density at radius 3 is 2.76 bits per heavy atom. The lowest BCUT2D eigenvalue weighted by Crippen LogP contribution is -2.41. The van der Waals surface area contributed by atoms with Gasteiger partial charge in [0.05, 0.1) is 13.0 Å². The summed E-state index contributed by atoms with van der Waals surface area (Å²) in [7, 11) is 0. The summed E-state index contributed by atoms with van der Waals surface area (Å²) in [5.74, 6) is -0.310. The molecule has 0 saturated heterocycles. The van der Waals surface area contributed by atoms with Gasteiger partial charge in [-0.25, -0.2) is 0 Å². The van der Waals surface area contributed by atoms with E-state index in [1.807, 2.05) is 44.3 Å². The Kier molecular flexibility index (Phi) is 4.98. The van der Waals surface area contributed by atoms with Crippen molar-refractivity contribution < 1.29 is 9.59 Å². The van der Waals surface area contributed by atoms with Crippen molar-refractivity contribution in [3.05, 3.63) is 36.0 Å². The first-order valence-electron chi connectivity index (χ1n) is 7.21. The van der Waals surface area contributed by atoms with E-state index >= 15 is 0 Å². The number of aromatic amines is 1. The minimum Gasteiger partial charge on any atom is -0.361 e. The lowest BCUT2D eigenvalue weighted by atomic mass is 10.1. The number of H-pyrrole nitrogens is 1. The molecule has 5 heteroatoms. The highest BCUT2D eigenvalue weighted by molar-refractivity contribution is 5.90. The second-order valence-electron chi connectivity index (χ2n) is 5.19. The molecule has 0 fully saturated rings. The van der Waals surface area contributed by atoms with Crippen LogP contribution in [0.25, 0.3) is 10.9 Å². The number of aromatic nitrogens is 1. The summed E-state index contributed by atoms with van der Waals surface area (Å²) in [6, 6.07) is 7.96. The van der Waals surface area contributed by atoms with Crippen LogP contribution in [0.15, 0.2) is 30.5 Å². The molecule has 1 aromatic carbocycles. The predicted octanol–water partition coefficient (Wildman–Crippen LogP) is 1.74. The number of rotatable bonds is 6. The lowest BCUT2D eigenvalue weighted by Gasteiger charge is -2.11. The van der Waals surface area contributed by atoms with Gasteiger partial charge in [0, 0.05) is 23.1 Å². The first-order chi connectivity index (χ1) is 10.1. The Hall–Kier alpha value is -2.30. The third-order valence-corrected chi connectivity index (χ3v) is 3.49. The normalized spacial score (nSPS) is 12.1. The molecule has 3 N–H and O–H groups in total. The third kappa shape index (κ3) is 4.08. The van der Waals surface area contributed by atoms with E-state index in [2.05, 4.69) is 15.6 Å². The number of carbonyl (C=O) groups excluding carboxylic acids is 2. The highest BCUT2D eigenvalue weighted by Crippen LogP contribution is 2.17. The van der Waals surface area contributed by atoms with Crippen molar-refractivity contribution in [2.24, 2.45) is 0 Å². The number of amides is 2. The van der Waals surface area contributed by atoms with Crippen LogP contribution >= 0.6 is 0 Å². The molecule has 0 aliphatic rings. The van der Waals surface area contributed by atoms with E-state index in [4.69, 9.17) is 0 Å². The minimum absolute atomic E-state index is 0.0194. The second kappa shape index (κ2) is 6.92. The van der Waals surface area contributed by atoms with Gasteiger partial charge >= 0.3 is 0 Å². The fourth-order valence-electron chi connectivity index (χ4n) is 2.12. The van der Waals surface area contributed by atoms with Crippen LogP contribution in [0, 0.1) is 0 Å². The molecular formula is C16H21N3O2. The minimum atomic E-state index is -0.156. The van der Waals surface area contributed by atoms with E-state index < -0.39 is 0 Å². The summed E-state index contributed by atoms with van der Waals surface area (Å²) >= 11 is 0. The molecule has 1 unspecified atom stereocenters. The van der Waals surface area contributed by atoms with Gasteiger partial charge in [0.15, 0.2) is 0 Å². The quantitative estimate of drug-likeness (QED) is 0.757. The maximum Gasteiger partial charge on any atom is 0.239 e. The molecule has 0 aliphatic carbocycles. The van der Waals surface area contributed by atoms with Crippen LogP contribution in [0.4, 0.5) is 0 Å². The first kappa shape index (κ1) is 15.1. The number of para-hydroxylation sites is 1. The zero-order valence-corrected chi connectivity index (χ0v) is 12.4. The monoisotopic (exact) mass is 287 g/mol. The van der Waals surface area contributed by atoms with Crippen molar-refractivity contribution in [3.63, 3.8) is 0 Å². The molecular weight excluding hydrogens is 266 g/mol. The fourth-order valence-corrected chi connectivity index (χ4v) is 2.12. The van der Waals surface area contributed by atoms with Crippen molar-refractivity contribution in [2.75, 3.05) is 6.54 Å². The Morgan fingerprint density at radius 2 is 2.00 bits per heavy atom. The van der Waals surface area contributed by atoms with Crippen molar-refractivity contribution in [3.8, 4) is 0 Å². The molecule has 5 nitrogen and oxygen atoms in total. The summed E-state index contributed by atoms with van der Waals surface area (Å²) in [5, 5.41) is 6.50. The van der Waals surface area contributed by atoms with Crippen molar-refractivity contribution in [2.45, 2.75) is 32.7 Å². The van der Waals surface area contributed by atoms with Crippen LogP contribution < -0.4 is 10.6 Å². The molecule has 2 rings (SSSR count). The maximum absolute atomic E-state index is 11.9. The van der Waals surface area contributed by atoms with Crippen LogP contribution in [0.2, 0.25) is 0 Å². The number of benzene rings is 1. The van der Waals surface area contributed by atoms with Gasteiger partial charge in [-0.15, -0.1) is 0 Å². The number of hydrogen-bond acceptors (Lipinski definition) is 2. The predicted molar refractivity (Wildman–Crippen MR) is 82.9 cm³/mol. The third-order valence-electron chi connectivity index (χ3n) is 3.49. The highest BCUT2D eigenvalue weighted by Gasteiger charge is 2.10. The smallest absolute Gasteiger partial charge is 0.239 e. The van der Waals surface area contributed by atoms with E-state index in [0.717, 1.165) is 22.9 Å². The molecule has 1 aromatic heterocycles. The summed E-state index contributed by atoms with van der Waals surface area (Å²) < 4.78 is 0. The van der Waals surface area contributed by atoms with Crippen LogP contribution in [0.5, 0.6) is 0 Å². The number of nitrogens with one attached hydrogen (secondary N) is 3. The maximum atomic E-state index is 11.9. The van der Waals surface area contributed by atoms with Crippen LogP contribution in [-0.2, 0) is 16.0 Å². The number of hydrogen-bond donors (Lipinski definition) is 3. The Bertz CT molecular complexity index is 633. The molecule has 0 saturated carbocycles. The molecule has 0 radical (unpaired) electrons. The van der Waals surface area contributed by atoms with Gasteiger partial charge < -0.3 is 15.6 Å². The van der Waals surface area contributed by atoms with Gasteiger partial charge in [-0.2, -0.15) is 0 Å². The zero-order valence-electron chi connectivity index (χ0n) is 12.4. The van der Waals surface area contributed by atoms with Crippen LogP contribution in [0.1, 0.15) is 25.8 Å². The number of fused-ring (bicyclic) bond motifs is 1. The van der Waals surface area contributed by atoms with Gasteiger partial charge in [0.25, 0.3) is 0 Å². The molecule has 2 aromatic rings. The molecule has 0 bridgehead atoms. The number of carbonyl (C=O) groups is 2. The molecule has 112 valence electrons. The van der Waals surface area contributed by atoms with Gasteiger partial charge in [0.2, 0.25) is 11.8 Å². The van der Waals surface area contributed by atoms with Gasteiger partial charge in [-0.1, -0.05) is 25.1 Å². The molecule has 0 aliphatic heterocycles. The largest absolute Gasteiger partial charge is 0.361 e. The average molecular weight is 287 g/mol. The van der Waals surface area contributed by atoms with Crippen molar-refractivity contribution in [1.29, 1.82) is 0 Å². The van der Waals surface area contributed by atoms with Gasteiger partial charge in [0.1, 0.15) is 0 Å². The van der Waals surface area contributed by atoms with E-state index in [9.17, 15) is 9.59 Å². The standard InChI is InChI=1S/C16H21N3O2/c1-3-11(2)19-16(21)10-18-15(20)8-12-9-17-14-7-5-4-6-13(12)14/h4-7,9,11,17H,3,8,10H2,1-2H3,(H,18,20)(H,19,21). The van der Waals surface area contributed by atoms with Crippen LogP contribution in [0.3, 0.4) is 0 Å². The lowest BCUT2D eigenvalue weighted by molar-refractivity contribution is -0.126. The van der Waals surface area contributed by atoms with Gasteiger partial charge in [-0.3, -0.25) is 9.59 Å². The summed E-state index contributed by atoms with van der Waals surface area (Å²) in [4.78, 5) is 26.6. The molecule has 0 spiro atoms. The Balaban J connectivity index is 1.86. The Morgan fingerprint density at radius 1 is 1.24 bits per heavy atom.